The fourth-order valence-electron chi connectivity index (χ4n) is 0.478. The molecule has 1 aromatic rings. The SMILES string of the molecule is [C-]#N.[CH2-]c1ccccc1.[U+2]. The molecular formula is C8H7NU. The normalized spacial score (nSPS) is 6.20. The minimum Gasteiger partial charge on any atom is -0.512 e. The molecule has 0 saturated heterocycles. The quantitative estimate of drug-likeness (QED) is 0.653. The van der Waals surface area contributed by atoms with Crippen molar-refractivity contribution in [3.63, 3.8) is 0 Å². The van der Waals surface area contributed by atoms with Crippen molar-refractivity contribution < 1.29 is 31.1 Å². The summed E-state index contributed by atoms with van der Waals surface area (Å²) in [5.41, 5.74) is 1.07. The van der Waals surface area contributed by atoms with Crippen LogP contribution < -0.4 is 0 Å². The Kier molecular flexibility index (Phi) is 10.6. The van der Waals surface area contributed by atoms with Crippen molar-refractivity contribution in [1.82, 2.24) is 0 Å². The molecule has 0 bridgehead atoms. The van der Waals surface area contributed by atoms with Crippen molar-refractivity contribution >= 4 is 0 Å². The van der Waals surface area contributed by atoms with Gasteiger partial charge in [0.05, 0.1) is 0 Å². The molecule has 0 aliphatic heterocycles. The molecule has 10 heavy (non-hydrogen) atoms. The van der Waals surface area contributed by atoms with Crippen LogP contribution >= 0.6 is 0 Å². The van der Waals surface area contributed by atoms with Crippen molar-refractivity contribution in [2.75, 3.05) is 0 Å². The van der Waals surface area contributed by atoms with Gasteiger partial charge in [-0.2, -0.15) is 24.6 Å². The topological polar surface area (TPSA) is 23.8 Å². The first kappa shape index (κ1) is 12.3. The number of rotatable bonds is 0. The molecule has 1 rings (SSSR count). The zero-order chi connectivity index (χ0) is 7.11. The summed E-state index contributed by atoms with van der Waals surface area (Å²) in [6.45, 7) is 8.47. The Bertz CT molecular complexity index is 169. The molecule has 48 valence electrons. The zero-order valence-corrected chi connectivity index (χ0v) is 9.70. The van der Waals surface area contributed by atoms with Crippen LogP contribution in [0.3, 0.4) is 0 Å². The molecule has 2 heteroatoms. The molecule has 0 atom stereocenters. The average molecular weight is 355 g/mol. The van der Waals surface area contributed by atoms with Crippen LogP contribution in [0.2, 0.25) is 0 Å². The van der Waals surface area contributed by atoms with Gasteiger partial charge in [-0.1, -0.05) is 6.07 Å². The van der Waals surface area contributed by atoms with Crippen LogP contribution in [0.1, 0.15) is 5.56 Å². The average Bonchev–Trinajstić information content (AvgIpc) is 1.94. The van der Waals surface area contributed by atoms with Crippen molar-refractivity contribution in [2.45, 2.75) is 0 Å². The fraction of sp³-hybridized carbons (Fsp3) is 0. The monoisotopic (exact) mass is 355 g/mol. The number of hydrogen-bond donors (Lipinski definition) is 0. The minimum atomic E-state index is 0. The van der Waals surface area contributed by atoms with Crippen molar-refractivity contribution in [1.29, 1.82) is 5.26 Å². The molecule has 0 aliphatic carbocycles. The van der Waals surface area contributed by atoms with Crippen LogP contribution in [0, 0.1) is 49.9 Å². The van der Waals surface area contributed by atoms with Gasteiger partial charge < -0.3 is 11.8 Å². The number of hydrogen-bond acceptors (Lipinski definition) is 1. The molecule has 0 saturated carbocycles. The van der Waals surface area contributed by atoms with E-state index in [1.54, 1.807) is 0 Å². The molecule has 0 aromatic heterocycles. The van der Waals surface area contributed by atoms with E-state index in [-0.39, 0.29) is 31.1 Å². The molecule has 0 fully saturated rings. The van der Waals surface area contributed by atoms with Crippen molar-refractivity contribution in [3.05, 3.63) is 49.4 Å². The molecule has 0 unspecified atom stereocenters. The Morgan fingerprint density at radius 2 is 1.50 bits per heavy atom. The summed E-state index contributed by atoms with van der Waals surface area (Å²) in [5, 5.41) is 6.25. The van der Waals surface area contributed by atoms with Gasteiger partial charge in [-0.15, -0.1) is 12.1 Å². The Morgan fingerprint density at radius 1 is 1.10 bits per heavy atom. The van der Waals surface area contributed by atoms with Crippen LogP contribution in [0.15, 0.2) is 30.3 Å². The number of benzene rings is 1. The summed E-state index contributed by atoms with van der Waals surface area (Å²) in [6.07, 6.45) is 0. The summed E-state index contributed by atoms with van der Waals surface area (Å²) in [6, 6.07) is 9.87. The first-order valence-corrected chi connectivity index (χ1v) is 2.49. The van der Waals surface area contributed by atoms with E-state index in [2.05, 4.69) is 6.92 Å². The summed E-state index contributed by atoms with van der Waals surface area (Å²) in [5.74, 6) is 0. The standard InChI is InChI=1S/C7H7.CN.U/c1-7-5-3-2-4-6-7;1-2;/h2-6H,1H2;;/q2*-1;+2. The van der Waals surface area contributed by atoms with Crippen LogP contribution in [-0.2, 0) is 0 Å². The first-order chi connectivity index (χ1) is 4.39. The van der Waals surface area contributed by atoms with E-state index in [1.807, 2.05) is 30.3 Å². The minimum absolute atomic E-state index is 0. The van der Waals surface area contributed by atoms with E-state index in [1.165, 1.54) is 0 Å². The Balaban J connectivity index is 0. The van der Waals surface area contributed by atoms with Gasteiger partial charge in [0.2, 0.25) is 0 Å². The summed E-state index contributed by atoms with van der Waals surface area (Å²) >= 11 is 0. The third kappa shape index (κ3) is 5.76. The predicted octanol–water partition coefficient (Wildman–Crippen LogP) is 1.97. The van der Waals surface area contributed by atoms with Gasteiger partial charge in [0, 0.05) is 0 Å². The Labute approximate surface area is 85.4 Å². The summed E-state index contributed by atoms with van der Waals surface area (Å²) in [4.78, 5) is 0. The molecule has 0 amide bonds. The third-order valence-electron chi connectivity index (χ3n) is 0.843. The van der Waals surface area contributed by atoms with Gasteiger partial charge in [-0.3, -0.25) is 0 Å². The van der Waals surface area contributed by atoms with Gasteiger partial charge in [0.25, 0.3) is 0 Å². The van der Waals surface area contributed by atoms with E-state index in [0.717, 1.165) is 5.56 Å². The molecule has 1 nitrogen and oxygen atoms in total. The fourth-order valence-corrected chi connectivity index (χ4v) is 0.478. The largest absolute Gasteiger partial charge is 2.00 e. The summed E-state index contributed by atoms with van der Waals surface area (Å²) in [7, 11) is 0. The van der Waals surface area contributed by atoms with E-state index in [0.29, 0.717) is 0 Å². The van der Waals surface area contributed by atoms with Gasteiger partial charge in [-0.05, 0) is 0 Å². The van der Waals surface area contributed by atoms with E-state index in [9.17, 15) is 0 Å². The summed E-state index contributed by atoms with van der Waals surface area (Å²) < 4.78 is 0. The van der Waals surface area contributed by atoms with Gasteiger partial charge in [0.1, 0.15) is 0 Å². The van der Waals surface area contributed by atoms with Gasteiger partial charge in [-0.25, -0.2) is 0 Å². The Hall–Kier alpha value is -0.368. The van der Waals surface area contributed by atoms with Crippen LogP contribution in [-0.4, -0.2) is 0 Å². The maximum atomic E-state index is 6.25. The second-order valence-electron chi connectivity index (χ2n) is 1.49. The van der Waals surface area contributed by atoms with Crippen LogP contribution in [0.5, 0.6) is 0 Å². The van der Waals surface area contributed by atoms with E-state index >= 15 is 0 Å². The zero-order valence-electron chi connectivity index (χ0n) is 5.54. The van der Waals surface area contributed by atoms with Crippen LogP contribution in [0.25, 0.3) is 0 Å². The van der Waals surface area contributed by atoms with E-state index in [4.69, 9.17) is 11.8 Å². The smallest absolute Gasteiger partial charge is 0.512 e. The molecule has 1 aromatic carbocycles. The van der Waals surface area contributed by atoms with Gasteiger partial charge in [0.15, 0.2) is 0 Å². The molecule has 0 spiro atoms. The van der Waals surface area contributed by atoms with Crippen LogP contribution in [0.4, 0.5) is 0 Å². The maximum absolute atomic E-state index is 6.25. The molecule has 0 N–H and O–H groups in total. The molecule has 0 heterocycles. The second kappa shape index (κ2) is 8.63. The van der Waals surface area contributed by atoms with Crippen molar-refractivity contribution in [2.24, 2.45) is 0 Å². The third-order valence-corrected chi connectivity index (χ3v) is 0.843. The Morgan fingerprint density at radius 3 is 1.70 bits per heavy atom. The van der Waals surface area contributed by atoms with Gasteiger partial charge >= 0.3 is 31.1 Å². The number of nitrogens with zero attached hydrogens (tertiary/aromatic N) is 1. The van der Waals surface area contributed by atoms with Crippen molar-refractivity contribution in [3.8, 4) is 0 Å². The maximum Gasteiger partial charge on any atom is 2.00 e. The predicted molar refractivity (Wildman–Crippen MR) is 35.9 cm³/mol. The van der Waals surface area contributed by atoms with E-state index < -0.39 is 0 Å². The molecular weight excluding hydrogens is 348 g/mol. The second-order valence-corrected chi connectivity index (χ2v) is 1.49. The first-order valence-electron chi connectivity index (χ1n) is 2.49. The molecule has 0 radical (unpaired) electrons. The molecule has 0 aliphatic rings.